The maximum absolute atomic E-state index is 13.3. The first-order chi connectivity index (χ1) is 7.25. The largest absolute Gasteiger partial charge is 0.436 e. The highest BCUT2D eigenvalue weighted by Gasteiger charge is 2.04. The molecule has 76 valence electrons. The van der Waals surface area contributed by atoms with E-state index >= 15 is 0 Å². The number of ether oxygens (including phenoxy) is 1. The van der Waals surface area contributed by atoms with E-state index in [-0.39, 0.29) is 11.6 Å². The van der Waals surface area contributed by atoms with Crippen molar-refractivity contribution in [1.82, 2.24) is 4.98 Å². The predicted molar refractivity (Wildman–Crippen MR) is 55.4 cm³/mol. The van der Waals surface area contributed by atoms with E-state index in [2.05, 4.69) is 4.98 Å². The molecule has 0 amide bonds. The van der Waals surface area contributed by atoms with Crippen LogP contribution in [0.15, 0.2) is 42.6 Å². The van der Waals surface area contributed by atoms with Crippen LogP contribution >= 0.6 is 0 Å². The van der Waals surface area contributed by atoms with Gasteiger partial charge in [0.25, 0.3) is 0 Å². The van der Waals surface area contributed by atoms with Crippen molar-refractivity contribution >= 4 is 0 Å². The summed E-state index contributed by atoms with van der Waals surface area (Å²) < 4.78 is 18.6. The monoisotopic (exact) mass is 203 g/mol. The molecule has 0 unspecified atom stereocenters. The van der Waals surface area contributed by atoms with Gasteiger partial charge in [0.1, 0.15) is 0 Å². The van der Waals surface area contributed by atoms with Crippen LogP contribution in [0.3, 0.4) is 0 Å². The molecule has 0 N–H and O–H groups in total. The molecule has 0 atom stereocenters. The molecule has 1 aromatic carbocycles. The van der Waals surface area contributed by atoms with Gasteiger partial charge in [-0.3, -0.25) is 0 Å². The lowest BCUT2D eigenvalue weighted by atomic mass is 10.2. The van der Waals surface area contributed by atoms with E-state index in [4.69, 9.17) is 4.74 Å². The van der Waals surface area contributed by atoms with Gasteiger partial charge in [-0.05, 0) is 30.7 Å². The zero-order valence-electron chi connectivity index (χ0n) is 8.27. The van der Waals surface area contributed by atoms with Gasteiger partial charge < -0.3 is 4.74 Å². The zero-order chi connectivity index (χ0) is 10.7. The van der Waals surface area contributed by atoms with E-state index in [0.29, 0.717) is 5.88 Å². The molecule has 0 aliphatic rings. The first kappa shape index (κ1) is 9.65. The lowest BCUT2D eigenvalue weighted by Gasteiger charge is -2.05. The van der Waals surface area contributed by atoms with Gasteiger partial charge in [0.15, 0.2) is 11.6 Å². The number of hydrogen-bond acceptors (Lipinski definition) is 2. The maximum atomic E-state index is 13.3. The van der Waals surface area contributed by atoms with Gasteiger partial charge in [0.05, 0.1) is 0 Å². The molecule has 0 fully saturated rings. The van der Waals surface area contributed by atoms with Crippen LogP contribution in [0.2, 0.25) is 0 Å². The summed E-state index contributed by atoms with van der Waals surface area (Å²) >= 11 is 0. The third-order valence-corrected chi connectivity index (χ3v) is 1.94. The molecule has 3 heteroatoms. The van der Waals surface area contributed by atoms with Crippen molar-refractivity contribution in [2.24, 2.45) is 0 Å². The molecule has 0 saturated heterocycles. The zero-order valence-corrected chi connectivity index (χ0v) is 8.27. The van der Waals surface area contributed by atoms with Crippen LogP contribution in [0.1, 0.15) is 5.56 Å². The summed E-state index contributed by atoms with van der Waals surface area (Å²) in [6, 6.07) is 9.97. The Balaban J connectivity index is 2.28. The lowest BCUT2D eigenvalue weighted by molar-refractivity contribution is 0.427. The smallest absolute Gasteiger partial charge is 0.219 e. The highest BCUT2D eigenvalue weighted by molar-refractivity contribution is 5.32. The maximum Gasteiger partial charge on any atom is 0.219 e. The van der Waals surface area contributed by atoms with E-state index < -0.39 is 0 Å². The Kier molecular flexibility index (Phi) is 2.63. The molecule has 2 rings (SSSR count). The van der Waals surface area contributed by atoms with E-state index in [1.54, 1.807) is 36.5 Å². The van der Waals surface area contributed by atoms with Gasteiger partial charge in [0, 0.05) is 12.3 Å². The second-order valence-corrected chi connectivity index (χ2v) is 3.20. The molecule has 2 aromatic rings. The molecule has 15 heavy (non-hydrogen) atoms. The average molecular weight is 203 g/mol. The number of pyridine rings is 1. The number of benzene rings is 1. The van der Waals surface area contributed by atoms with Crippen LogP contribution in [-0.4, -0.2) is 4.98 Å². The minimum Gasteiger partial charge on any atom is -0.436 e. The van der Waals surface area contributed by atoms with Gasteiger partial charge in [0.2, 0.25) is 5.88 Å². The molecule has 1 aromatic heterocycles. The molecule has 0 radical (unpaired) electrons. The Bertz CT molecular complexity index is 456. The fourth-order valence-corrected chi connectivity index (χ4v) is 1.21. The molecule has 0 bridgehead atoms. The fraction of sp³-hybridized carbons (Fsp3) is 0.0833. The van der Waals surface area contributed by atoms with Crippen LogP contribution in [0.5, 0.6) is 11.6 Å². The first-order valence-electron chi connectivity index (χ1n) is 4.61. The normalized spacial score (nSPS) is 10.0. The van der Waals surface area contributed by atoms with Crippen molar-refractivity contribution in [2.45, 2.75) is 6.92 Å². The Labute approximate surface area is 87.4 Å². The molecular formula is C12H10FNO. The van der Waals surface area contributed by atoms with Crippen molar-refractivity contribution in [2.75, 3.05) is 0 Å². The van der Waals surface area contributed by atoms with E-state index in [0.717, 1.165) is 5.56 Å². The summed E-state index contributed by atoms with van der Waals surface area (Å²) in [6.07, 6.45) is 1.60. The molecule has 0 aliphatic carbocycles. The van der Waals surface area contributed by atoms with Gasteiger partial charge in [-0.2, -0.15) is 0 Å². The lowest BCUT2D eigenvalue weighted by Crippen LogP contribution is -1.90. The van der Waals surface area contributed by atoms with Crippen molar-refractivity contribution < 1.29 is 9.13 Å². The summed E-state index contributed by atoms with van der Waals surface area (Å²) in [5, 5.41) is 0. The summed E-state index contributed by atoms with van der Waals surface area (Å²) in [6.45, 7) is 1.88. The van der Waals surface area contributed by atoms with Gasteiger partial charge >= 0.3 is 0 Å². The summed E-state index contributed by atoms with van der Waals surface area (Å²) in [5.74, 6) is 0.210. The highest BCUT2D eigenvalue weighted by Crippen LogP contribution is 2.23. The van der Waals surface area contributed by atoms with Crippen LogP contribution in [0, 0.1) is 12.7 Å². The Morgan fingerprint density at radius 1 is 1.20 bits per heavy atom. The van der Waals surface area contributed by atoms with Crippen LogP contribution in [-0.2, 0) is 0 Å². The second kappa shape index (κ2) is 4.09. The molecule has 0 spiro atoms. The third kappa shape index (κ3) is 2.31. The molecule has 1 heterocycles. The number of rotatable bonds is 2. The van der Waals surface area contributed by atoms with Gasteiger partial charge in [-0.15, -0.1) is 0 Å². The van der Waals surface area contributed by atoms with Crippen molar-refractivity contribution in [3.63, 3.8) is 0 Å². The van der Waals surface area contributed by atoms with E-state index in [1.807, 2.05) is 6.92 Å². The number of aromatic nitrogens is 1. The highest BCUT2D eigenvalue weighted by atomic mass is 19.1. The molecular weight excluding hydrogens is 193 g/mol. The number of nitrogens with zero attached hydrogens (tertiary/aromatic N) is 1. The van der Waals surface area contributed by atoms with E-state index in [1.165, 1.54) is 6.07 Å². The Hall–Kier alpha value is -1.90. The Morgan fingerprint density at radius 2 is 2.07 bits per heavy atom. The standard InChI is InChI=1S/C12H10FNO/c1-9-5-6-10(13)11(8-9)15-12-4-2-3-7-14-12/h2-8H,1H3. The van der Waals surface area contributed by atoms with E-state index in [9.17, 15) is 4.39 Å². The first-order valence-corrected chi connectivity index (χ1v) is 4.61. The van der Waals surface area contributed by atoms with Crippen molar-refractivity contribution in [3.05, 3.63) is 54.0 Å². The van der Waals surface area contributed by atoms with Crippen LogP contribution in [0.25, 0.3) is 0 Å². The number of hydrogen-bond donors (Lipinski definition) is 0. The van der Waals surface area contributed by atoms with Crippen LogP contribution in [0.4, 0.5) is 4.39 Å². The average Bonchev–Trinajstić information content (AvgIpc) is 2.25. The minimum atomic E-state index is -0.383. The predicted octanol–water partition coefficient (Wildman–Crippen LogP) is 3.32. The topological polar surface area (TPSA) is 22.1 Å². The molecule has 0 aliphatic heterocycles. The fourth-order valence-electron chi connectivity index (χ4n) is 1.21. The minimum absolute atomic E-state index is 0.203. The molecule has 0 saturated carbocycles. The van der Waals surface area contributed by atoms with Crippen molar-refractivity contribution in [1.29, 1.82) is 0 Å². The van der Waals surface area contributed by atoms with Crippen LogP contribution < -0.4 is 4.74 Å². The molecule has 2 nitrogen and oxygen atoms in total. The van der Waals surface area contributed by atoms with Gasteiger partial charge in [-0.1, -0.05) is 12.1 Å². The number of aryl methyl sites for hydroxylation is 1. The Morgan fingerprint density at radius 3 is 2.80 bits per heavy atom. The summed E-state index contributed by atoms with van der Waals surface area (Å²) in [7, 11) is 0. The van der Waals surface area contributed by atoms with Crippen molar-refractivity contribution in [3.8, 4) is 11.6 Å². The number of halogens is 1. The summed E-state index contributed by atoms with van der Waals surface area (Å²) in [4.78, 5) is 3.96. The summed E-state index contributed by atoms with van der Waals surface area (Å²) in [5.41, 5.74) is 0.947. The second-order valence-electron chi connectivity index (χ2n) is 3.20. The quantitative estimate of drug-likeness (QED) is 0.746. The SMILES string of the molecule is Cc1ccc(F)c(Oc2ccccn2)c1. The van der Waals surface area contributed by atoms with Gasteiger partial charge in [-0.25, -0.2) is 9.37 Å². The third-order valence-electron chi connectivity index (χ3n) is 1.94.